The number of aliphatic hydroxyl groups is 1. The van der Waals surface area contributed by atoms with Crippen LogP contribution >= 0.6 is 0 Å². The molecule has 0 saturated carbocycles. The largest absolute Gasteiger partial charge is 0.508 e. The minimum atomic E-state index is -0.625. The summed E-state index contributed by atoms with van der Waals surface area (Å²) in [5, 5.41) is 22.0. The van der Waals surface area contributed by atoms with Gasteiger partial charge in [-0.15, -0.1) is 0 Å². The molecule has 0 aliphatic carbocycles. The van der Waals surface area contributed by atoms with Crippen molar-refractivity contribution in [2.45, 2.75) is 38.3 Å². The lowest BCUT2D eigenvalue weighted by atomic mass is 9.90. The first-order valence-corrected chi connectivity index (χ1v) is 7.01. The SMILES string of the molecule is CCCCOC(=O)C1NC(CO)Cc2ccc(O)cc21. The summed E-state index contributed by atoms with van der Waals surface area (Å²) in [6.45, 7) is 2.38. The van der Waals surface area contributed by atoms with Crippen LogP contribution in [0.2, 0.25) is 0 Å². The van der Waals surface area contributed by atoms with Crippen LogP contribution in [0.25, 0.3) is 0 Å². The molecule has 1 aromatic rings. The zero-order chi connectivity index (χ0) is 14.5. The van der Waals surface area contributed by atoms with E-state index in [1.165, 1.54) is 0 Å². The molecule has 2 rings (SSSR count). The molecule has 20 heavy (non-hydrogen) atoms. The number of esters is 1. The Hall–Kier alpha value is -1.59. The molecule has 0 saturated heterocycles. The Morgan fingerprint density at radius 1 is 1.50 bits per heavy atom. The van der Waals surface area contributed by atoms with Crippen molar-refractivity contribution in [1.82, 2.24) is 5.32 Å². The highest BCUT2D eigenvalue weighted by Crippen LogP contribution is 2.29. The predicted octanol–water partition coefficient (Wildman–Crippen LogP) is 1.28. The monoisotopic (exact) mass is 279 g/mol. The second kappa shape index (κ2) is 6.72. The smallest absolute Gasteiger partial charge is 0.327 e. The van der Waals surface area contributed by atoms with Crippen LogP contribution in [-0.2, 0) is 16.0 Å². The van der Waals surface area contributed by atoms with E-state index < -0.39 is 6.04 Å². The third-order valence-corrected chi connectivity index (χ3v) is 3.51. The lowest BCUT2D eigenvalue weighted by molar-refractivity contribution is -0.147. The Kier molecular flexibility index (Phi) is 4.98. The third-order valence-electron chi connectivity index (χ3n) is 3.51. The number of phenolic OH excluding ortho intramolecular Hbond substituents is 1. The van der Waals surface area contributed by atoms with Crippen LogP contribution in [0.15, 0.2) is 18.2 Å². The molecule has 2 atom stereocenters. The summed E-state index contributed by atoms with van der Waals surface area (Å²) in [4.78, 5) is 12.2. The maximum atomic E-state index is 12.2. The van der Waals surface area contributed by atoms with Crippen LogP contribution in [0.3, 0.4) is 0 Å². The Bertz CT molecular complexity index is 475. The van der Waals surface area contributed by atoms with E-state index in [-0.39, 0.29) is 24.4 Å². The van der Waals surface area contributed by atoms with E-state index in [1.54, 1.807) is 18.2 Å². The van der Waals surface area contributed by atoms with Crippen LogP contribution in [0.1, 0.15) is 36.9 Å². The zero-order valence-electron chi connectivity index (χ0n) is 11.6. The van der Waals surface area contributed by atoms with Crippen LogP contribution in [0.5, 0.6) is 5.75 Å². The summed E-state index contributed by atoms with van der Waals surface area (Å²) in [7, 11) is 0. The van der Waals surface area contributed by atoms with E-state index in [2.05, 4.69) is 5.32 Å². The molecule has 0 amide bonds. The van der Waals surface area contributed by atoms with Crippen molar-refractivity contribution >= 4 is 5.97 Å². The Labute approximate surface area is 118 Å². The summed E-state index contributed by atoms with van der Waals surface area (Å²) >= 11 is 0. The number of unbranched alkanes of at least 4 members (excludes halogenated alkanes) is 1. The van der Waals surface area contributed by atoms with Gasteiger partial charge in [-0.25, -0.2) is 4.79 Å². The van der Waals surface area contributed by atoms with Crippen molar-refractivity contribution in [3.8, 4) is 5.75 Å². The van der Waals surface area contributed by atoms with Gasteiger partial charge in [0.25, 0.3) is 0 Å². The van der Waals surface area contributed by atoms with Gasteiger partial charge in [-0.1, -0.05) is 19.4 Å². The topological polar surface area (TPSA) is 78.8 Å². The molecule has 5 heteroatoms. The third kappa shape index (κ3) is 3.29. The highest BCUT2D eigenvalue weighted by molar-refractivity contribution is 5.79. The number of aliphatic hydroxyl groups excluding tert-OH is 1. The van der Waals surface area contributed by atoms with Gasteiger partial charge < -0.3 is 14.9 Å². The van der Waals surface area contributed by atoms with Crippen molar-refractivity contribution < 1.29 is 19.7 Å². The van der Waals surface area contributed by atoms with Gasteiger partial charge >= 0.3 is 5.97 Å². The molecule has 1 aliphatic heterocycles. The lowest BCUT2D eigenvalue weighted by Crippen LogP contribution is -2.45. The Morgan fingerprint density at radius 3 is 3.00 bits per heavy atom. The lowest BCUT2D eigenvalue weighted by Gasteiger charge is -2.31. The second-order valence-corrected chi connectivity index (χ2v) is 5.09. The number of hydrogen-bond donors (Lipinski definition) is 3. The van der Waals surface area contributed by atoms with E-state index in [4.69, 9.17) is 4.74 Å². The maximum Gasteiger partial charge on any atom is 0.327 e. The van der Waals surface area contributed by atoms with Crippen molar-refractivity contribution in [2.75, 3.05) is 13.2 Å². The standard InChI is InChI=1S/C15H21NO4/c1-2-3-6-20-15(19)14-13-8-12(18)5-4-10(13)7-11(9-17)16-14/h4-5,8,11,14,16-18H,2-3,6-7,9H2,1H3. The maximum absolute atomic E-state index is 12.2. The first-order chi connectivity index (χ1) is 9.65. The normalized spacial score (nSPS) is 21.3. The second-order valence-electron chi connectivity index (χ2n) is 5.09. The number of carbonyl (C=O) groups is 1. The van der Waals surface area contributed by atoms with Crippen molar-refractivity contribution in [1.29, 1.82) is 0 Å². The van der Waals surface area contributed by atoms with Gasteiger partial charge in [-0.2, -0.15) is 0 Å². The summed E-state index contributed by atoms with van der Waals surface area (Å²) in [5.74, 6) is -0.234. The first kappa shape index (κ1) is 14.8. The molecular weight excluding hydrogens is 258 g/mol. The van der Waals surface area contributed by atoms with E-state index in [0.29, 0.717) is 13.0 Å². The number of ether oxygens (including phenoxy) is 1. The van der Waals surface area contributed by atoms with Gasteiger partial charge in [0.2, 0.25) is 0 Å². The Morgan fingerprint density at radius 2 is 2.30 bits per heavy atom. The molecule has 0 radical (unpaired) electrons. The van der Waals surface area contributed by atoms with Gasteiger partial charge in [-0.3, -0.25) is 5.32 Å². The van der Waals surface area contributed by atoms with Crippen molar-refractivity contribution in [2.24, 2.45) is 0 Å². The van der Waals surface area contributed by atoms with Gasteiger partial charge in [0.05, 0.1) is 13.2 Å². The van der Waals surface area contributed by atoms with Crippen LogP contribution < -0.4 is 5.32 Å². The average molecular weight is 279 g/mol. The number of carbonyl (C=O) groups excluding carboxylic acids is 1. The number of benzene rings is 1. The quantitative estimate of drug-likeness (QED) is 0.559. The summed E-state index contributed by atoms with van der Waals surface area (Å²) < 4.78 is 5.25. The van der Waals surface area contributed by atoms with Crippen LogP contribution in [0.4, 0.5) is 0 Å². The molecule has 5 nitrogen and oxygen atoms in total. The summed E-state index contributed by atoms with van der Waals surface area (Å²) in [5.41, 5.74) is 1.69. The number of rotatable bonds is 5. The molecule has 3 N–H and O–H groups in total. The molecule has 0 fully saturated rings. The van der Waals surface area contributed by atoms with Gasteiger partial charge in [-0.05, 0) is 36.1 Å². The number of fused-ring (bicyclic) bond motifs is 1. The summed E-state index contributed by atoms with van der Waals surface area (Å²) in [6, 6.07) is 4.18. The minimum Gasteiger partial charge on any atom is -0.508 e. The minimum absolute atomic E-state index is 0.0426. The van der Waals surface area contributed by atoms with Crippen molar-refractivity contribution in [3.05, 3.63) is 29.3 Å². The summed E-state index contributed by atoms with van der Waals surface area (Å²) in [6.07, 6.45) is 2.42. The predicted molar refractivity (Wildman–Crippen MR) is 74.4 cm³/mol. The number of aromatic hydroxyl groups is 1. The Balaban J connectivity index is 2.19. The highest BCUT2D eigenvalue weighted by atomic mass is 16.5. The molecule has 1 aliphatic rings. The number of nitrogens with one attached hydrogen (secondary N) is 1. The molecule has 2 unspecified atom stereocenters. The molecular formula is C15H21NO4. The number of hydrogen-bond acceptors (Lipinski definition) is 5. The fraction of sp³-hybridized carbons (Fsp3) is 0.533. The van der Waals surface area contributed by atoms with Crippen molar-refractivity contribution in [3.63, 3.8) is 0 Å². The highest BCUT2D eigenvalue weighted by Gasteiger charge is 2.32. The van der Waals surface area contributed by atoms with Crippen LogP contribution in [0, 0.1) is 0 Å². The first-order valence-electron chi connectivity index (χ1n) is 7.01. The molecule has 0 bridgehead atoms. The van der Waals surface area contributed by atoms with Gasteiger partial charge in [0.15, 0.2) is 0 Å². The van der Waals surface area contributed by atoms with E-state index >= 15 is 0 Å². The number of phenols is 1. The molecule has 110 valence electrons. The molecule has 1 aromatic carbocycles. The van der Waals surface area contributed by atoms with E-state index in [9.17, 15) is 15.0 Å². The van der Waals surface area contributed by atoms with Gasteiger partial charge in [0, 0.05) is 6.04 Å². The van der Waals surface area contributed by atoms with E-state index in [0.717, 1.165) is 24.0 Å². The zero-order valence-corrected chi connectivity index (χ0v) is 11.6. The molecule has 0 aromatic heterocycles. The fourth-order valence-corrected chi connectivity index (χ4v) is 2.40. The molecule has 1 heterocycles. The molecule has 0 spiro atoms. The van der Waals surface area contributed by atoms with Crippen LogP contribution in [-0.4, -0.2) is 35.4 Å². The van der Waals surface area contributed by atoms with E-state index in [1.807, 2.05) is 6.92 Å². The average Bonchev–Trinajstić information content (AvgIpc) is 2.46. The van der Waals surface area contributed by atoms with Gasteiger partial charge in [0.1, 0.15) is 11.8 Å². The fourth-order valence-electron chi connectivity index (χ4n) is 2.40.